The molecule has 2 heterocycles. The third-order valence-corrected chi connectivity index (χ3v) is 5.63. The molecular formula is C24H21N3O3S. The highest BCUT2D eigenvalue weighted by Crippen LogP contribution is 2.29. The normalized spacial score (nSPS) is 10.7. The van der Waals surface area contributed by atoms with Gasteiger partial charge in [-0.2, -0.15) is 0 Å². The van der Waals surface area contributed by atoms with Crippen LogP contribution < -0.4 is 15.6 Å². The lowest BCUT2D eigenvalue weighted by Gasteiger charge is -2.12. The molecule has 156 valence electrons. The largest absolute Gasteiger partial charge is 0.484 e. The number of rotatable bonds is 7. The second-order valence-electron chi connectivity index (χ2n) is 6.95. The van der Waals surface area contributed by atoms with Crippen molar-refractivity contribution < 1.29 is 9.53 Å². The lowest BCUT2D eigenvalue weighted by molar-refractivity contribution is -0.118. The van der Waals surface area contributed by atoms with Crippen LogP contribution in [0.4, 0.5) is 5.69 Å². The lowest BCUT2D eigenvalue weighted by atomic mass is 10.2. The van der Waals surface area contributed by atoms with E-state index >= 15 is 0 Å². The van der Waals surface area contributed by atoms with E-state index < -0.39 is 0 Å². The van der Waals surface area contributed by atoms with Crippen LogP contribution in [0.2, 0.25) is 0 Å². The molecule has 7 heteroatoms. The van der Waals surface area contributed by atoms with E-state index in [2.05, 4.69) is 10.3 Å². The number of pyridine rings is 1. The van der Waals surface area contributed by atoms with Crippen molar-refractivity contribution in [2.24, 2.45) is 0 Å². The van der Waals surface area contributed by atoms with E-state index in [1.807, 2.05) is 61.5 Å². The zero-order valence-corrected chi connectivity index (χ0v) is 17.8. The van der Waals surface area contributed by atoms with Crippen LogP contribution in [0.25, 0.3) is 5.65 Å². The third kappa shape index (κ3) is 5.32. The molecule has 0 saturated carbocycles. The van der Waals surface area contributed by atoms with Gasteiger partial charge in [0.1, 0.15) is 11.4 Å². The zero-order chi connectivity index (χ0) is 21.6. The van der Waals surface area contributed by atoms with Gasteiger partial charge in [-0.1, -0.05) is 30.3 Å². The van der Waals surface area contributed by atoms with Gasteiger partial charge in [0, 0.05) is 22.9 Å². The summed E-state index contributed by atoms with van der Waals surface area (Å²) >= 11 is 1.51. The van der Waals surface area contributed by atoms with E-state index in [4.69, 9.17) is 4.74 Å². The number of para-hydroxylation sites is 1. The Bertz CT molecular complexity index is 1290. The number of ether oxygens (including phenoxy) is 1. The molecule has 31 heavy (non-hydrogen) atoms. The highest BCUT2D eigenvalue weighted by molar-refractivity contribution is 7.98. The van der Waals surface area contributed by atoms with Crippen molar-refractivity contribution in [3.8, 4) is 5.75 Å². The summed E-state index contributed by atoms with van der Waals surface area (Å²) in [6.45, 7) is 1.89. The topological polar surface area (TPSA) is 72.7 Å². The first kappa shape index (κ1) is 20.7. The van der Waals surface area contributed by atoms with Gasteiger partial charge in [-0.3, -0.25) is 14.0 Å². The maximum atomic E-state index is 12.4. The van der Waals surface area contributed by atoms with Gasteiger partial charge in [0.2, 0.25) is 0 Å². The lowest BCUT2D eigenvalue weighted by Crippen LogP contribution is -2.20. The first-order chi connectivity index (χ1) is 15.1. The average molecular weight is 432 g/mol. The van der Waals surface area contributed by atoms with Gasteiger partial charge >= 0.3 is 0 Å². The summed E-state index contributed by atoms with van der Waals surface area (Å²) in [6.07, 6.45) is 1.70. The number of aryl methyl sites for hydroxylation is 1. The molecule has 0 unspecified atom stereocenters. The molecule has 1 amide bonds. The first-order valence-electron chi connectivity index (χ1n) is 9.77. The molecular weight excluding hydrogens is 410 g/mol. The van der Waals surface area contributed by atoms with Crippen LogP contribution in [0.1, 0.15) is 11.3 Å². The Morgan fingerprint density at radius 1 is 1.06 bits per heavy atom. The van der Waals surface area contributed by atoms with Crippen molar-refractivity contribution in [3.05, 3.63) is 101 Å². The molecule has 6 nitrogen and oxygen atoms in total. The maximum absolute atomic E-state index is 12.4. The summed E-state index contributed by atoms with van der Waals surface area (Å²) < 4.78 is 7.09. The summed E-state index contributed by atoms with van der Waals surface area (Å²) in [5.41, 5.74) is 2.95. The van der Waals surface area contributed by atoms with Gasteiger partial charge in [0.15, 0.2) is 6.61 Å². The van der Waals surface area contributed by atoms with Crippen LogP contribution >= 0.6 is 11.8 Å². The highest BCUT2D eigenvalue weighted by atomic mass is 32.2. The molecule has 0 spiro atoms. The predicted molar refractivity (Wildman–Crippen MR) is 123 cm³/mol. The van der Waals surface area contributed by atoms with Crippen LogP contribution in [0.3, 0.4) is 0 Å². The molecule has 2 aromatic heterocycles. The van der Waals surface area contributed by atoms with Crippen molar-refractivity contribution >= 4 is 29.0 Å². The number of amides is 1. The van der Waals surface area contributed by atoms with Gasteiger partial charge < -0.3 is 10.1 Å². The van der Waals surface area contributed by atoms with Gasteiger partial charge in [0.05, 0.1) is 11.4 Å². The van der Waals surface area contributed by atoms with Crippen molar-refractivity contribution in [2.45, 2.75) is 17.6 Å². The molecule has 0 aliphatic heterocycles. The Hall–Kier alpha value is -3.58. The van der Waals surface area contributed by atoms with E-state index in [0.29, 0.717) is 28.5 Å². The molecule has 0 bridgehead atoms. The number of carbonyl (C=O) groups is 1. The number of benzene rings is 2. The number of fused-ring (bicyclic) bond motifs is 1. The Morgan fingerprint density at radius 2 is 1.90 bits per heavy atom. The predicted octanol–water partition coefficient (Wildman–Crippen LogP) is 4.31. The highest BCUT2D eigenvalue weighted by Gasteiger charge is 2.10. The van der Waals surface area contributed by atoms with Crippen molar-refractivity contribution in [1.82, 2.24) is 9.38 Å². The van der Waals surface area contributed by atoms with Crippen molar-refractivity contribution in [2.75, 3.05) is 11.9 Å². The molecule has 0 saturated heterocycles. The summed E-state index contributed by atoms with van der Waals surface area (Å²) in [5.74, 6) is 0.927. The first-order valence-corrected chi connectivity index (χ1v) is 10.8. The second kappa shape index (κ2) is 9.49. The number of thioether (sulfide) groups is 1. The molecule has 4 rings (SSSR count). The van der Waals surface area contributed by atoms with Gasteiger partial charge in [-0.05, 0) is 48.9 Å². The molecule has 4 aromatic rings. The smallest absolute Gasteiger partial charge is 0.262 e. The fourth-order valence-corrected chi connectivity index (χ4v) is 3.97. The molecule has 0 fully saturated rings. The number of carbonyl (C=O) groups excluding carboxylic acids is 1. The Balaban J connectivity index is 1.41. The molecule has 2 aromatic carbocycles. The van der Waals surface area contributed by atoms with E-state index in [0.717, 1.165) is 10.5 Å². The summed E-state index contributed by atoms with van der Waals surface area (Å²) in [5, 5.41) is 2.90. The maximum Gasteiger partial charge on any atom is 0.262 e. The van der Waals surface area contributed by atoms with Crippen LogP contribution in [-0.2, 0) is 10.5 Å². The van der Waals surface area contributed by atoms with Crippen LogP contribution in [0.5, 0.6) is 5.75 Å². The fraction of sp³-hybridized carbons (Fsp3) is 0.125. The standard InChI is InChI=1S/C24H21N3O3S/c1-17-7-6-8-19(13-17)30-15-23(28)26-20-9-2-3-10-21(20)31-16-18-14-24(29)27-12-5-4-11-22(27)25-18/h2-14H,15-16H2,1H3,(H,26,28). The fourth-order valence-electron chi connectivity index (χ4n) is 3.06. The summed E-state index contributed by atoms with van der Waals surface area (Å²) in [6, 6.07) is 22.1. The van der Waals surface area contributed by atoms with Gasteiger partial charge in [0.25, 0.3) is 11.5 Å². The summed E-state index contributed by atoms with van der Waals surface area (Å²) in [7, 11) is 0. The quantitative estimate of drug-likeness (QED) is 0.442. The van der Waals surface area contributed by atoms with Crippen molar-refractivity contribution in [1.29, 1.82) is 0 Å². The third-order valence-electron chi connectivity index (χ3n) is 4.52. The van der Waals surface area contributed by atoms with Crippen LogP contribution in [0.15, 0.2) is 88.7 Å². The Labute approximate surface area is 183 Å². The zero-order valence-electron chi connectivity index (χ0n) is 16.9. The van der Waals surface area contributed by atoms with Crippen LogP contribution in [0, 0.1) is 6.92 Å². The summed E-state index contributed by atoms with van der Waals surface area (Å²) in [4.78, 5) is 30.1. The average Bonchev–Trinajstić information content (AvgIpc) is 2.77. The van der Waals surface area contributed by atoms with E-state index in [1.165, 1.54) is 22.2 Å². The number of nitrogens with zero attached hydrogens (tertiary/aromatic N) is 2. The Morgan fingerprint density at radius 3 is 2.77 bits per heavy atom. The second-order valence-corrected chi connectivity index (χ2v) is 7.97. The van der Waals surface area contributed by atoms with E-state index in [1.54, 1.807) is 18.3 Å². The van der Waals surface area contributed by atoms with Gasteiger partial charge in [-0.15, -0.1) is 11.8 Å². The molecule has 0 atom stereocenters. The number of hydrogen-bond acceptors (Lipinski definition) is 5. The van der Waals surface area contributed by atoms with Crippen LogP contribution in [-0.4, -0.2) is 21.9 Å². The number of nitrogens with one attached hydrogen (secondary N) is 1. The minimum atomic E-state index is -0.239. The Kier molecular flexibility index (Phi) is 6.33. The number of aromatic nitrogens is 2. The molecule has 0 aliphatic rings. The molecule has 0 radical (unpaired) electrons. The monoisotopic (exact) mass is 431 g/mol. The molecule has 0 aliphatic carbocycles. The number of hydrogen-bond donors (Lipinski definition) is 1. The van der Waals surface area contributed by atoms with Crippen molar-refractivity contribution in [3.63, 3.8) is 0 Å². The van der Waals surface area contributed by atoms with Gasteiger partial charge in [-0.25, -0.2) is 4.98 Å². The molecule has 1 N–H and O–H groups in total. The SMILES string of the molecule is Cc1cccc(OCC(=O)Nc2ccccc2SCc2cc(=O)n3ccccc3n2)c1. The van der Waals surface area contributed by atoms with E-state index in [-0.39, 0.29) is 18.1 Å². The minimum Gasteiger partial charge on any atom is -0.484 e. The van der Waals surface area contributed by atoms with E-state index in [9.17, 15) is 9.59 Å². The number of anilines is 1. The minimum absolute atomic E-state index is 0.0779.